The molecule has 0 saturated carbocycles. The van der Waals surface area contributed by atoms with Crippen molar-refractivity contribution in [1.82, 2.24) is 9.80 Å². The van der Waals surface area contributed by atoms with Gasteiger partial charge in [-0.3, -0.25) is 4.90 Å². The van der Waals surface area contributed by atoms with Crippen LogP contribution in [0.3, 0.4) is 0 Å². The predicted octanol–water partition coefficient (Wildman–Crippen LogP) is 1.58. The van der Waals surface area contributed by atoms with Crippen molar-refractivity contribution in [1.29, 1.82) is 0 Å². The molecule has 2 rings (SSSR count). The SMILES string of the molecule is CN(C)C1CCCN(Cc2cc(C#CCN)cs2)C1. The van der Waals surface area contributed by atoms with Crippen LogP contribution in [0.5, 0.6) is 0 Å². The molecule has 3 nitrogen and oxygen atoms in total. The highest BCUT2D eigenvalue weighted by Gasteiger charge is 2.21. The van der Waals surface area contributed by atoms with Gasteiger partial charge in [0.2, 0.25) is 0 Å². The lowest BCUT2D eigenvalue weighted by Crippen LogP contribution is -2.44. The molecule has 1 saturated heterocycles. The third-order valence-electron chi connectivity index (χ3n) is 3.58. The zero-order valence-electron chi connectivity index (χ0n) is 11.9. The van der Waals surface area contributed by atoms with Gasteiger partial charge in [0.05, 0.1) is 6.54 Å². The highest BCUT2D eigenvalue weighted by molar-refractivity contribution is 7.10. The molecule has 1 unspecified atom stereocenters. The number of hydrogen-bond donors (Lipinski definition) is 1. The van der Waals surface area contributed by atoms with Gasteiger partial charge in [-0.05, 0) is 39.5 Å². The number of rotatable bonds is 3. The summed E-state index contributed by atoms with van der Waals surface area (Å²) in [5.74, 6) is 6.01. The summed E-state index contributed by atoms with van der Waals surface area (Å²) in [6, 6.07) is 2.90. The molecule has 2 heterocycles. The summed E-state index contributed by atoms with van der Waals surface area (Å²) in [5.41, 5.74) is 6.50. The Morgan fingerprint density at radius 2 is 2.37 bits per heavy atom. The molecule has 4 heteroatoms. The third kappa shape index (κ3) is 4.32. The van der Waals surface area contributed by atoms with Crippen molar-refractivity contribution in [3.05, 3.63) is 21.9 Å². The van der Waals surface area contributed by atoms with Gasteiger partial charge in [0.15, 0.2) is 0 Å². The van der Waals surface area contributed by atoms with E-state index >= 15 is 0 Å². The molecule has 0 spiro atoms. The molecule has 1 aromatic heterocycles. The highest BCUT2D eigenvalue weighted by atomic mass is 32.1. The average Bonchev–Trinajstić information content (AvgIpc) is 2.84. The molecule has 1 fully saturated rings. The molecule has 0 radical (unpaired) electrons. The summed E-state index contributed by atoms with van der Waals surface area (Å²) in [5, 5.41) is 2.13. The van der Waals surface area contributed by atoms with Gasteiger partial charge in [-0.25, -0.2) is 0 Å². The minimum absolute atomic E-state index is 0.432. The second kappa shape index (κ2) is 7.06. The molecule has 0 aromatic carbocycles. The van der Waals surface area contributed by atoms with Crippen molar-refractivity contribution in [3.8, 4) is 11.8 Å². The van der Waals surface area contributed by atoms with Crippen molar-refractivity contribution in [2.24, 2.45) is 5.73 Å². The van der Waals surface area contributed by atoms with E-state index in [9.17, 15) is 0 Å². The Hall–Kier alpha value is -0.860. The Balaban J connectivity index is 1.91. The molecule has 1 aliphatic rings. The molecule has 1 atom stereocenters. The first-order chi connectivity index (χ1) is 9.19. The van der Waals surface area contributed by atoms with Crippen LogP contribution < -0.4 is 5.73 Å². The van der Waals surface area contributed by atoms with Gasteiger partial charge in [-0.15, -0.1) is 11.3 Å². The summed E-state index contributed by atoms with van der Waals surface area (Å²) in [6.07, 6.45) is 2.62. The zero-order valence-corrected chi connectivity index (χ0v) is 12.7. The Morgan fingerprint density at radius 3 is 3.11 bits per heavy atom. The average molecular weight is 277 g/mol. The third-order valence-corrected chi connectivity index (χ3v) is 4.50. The maximum absolute atomic E-state index is 5.39. The fraction of sp³-hybridized carbons (Fsp3) is 0.600. The first-order valence-corrected chi connectivity index (χ1v) is 7.72. The van der Waals surface area contributed by atoms with Gasteiger partial charge >= 0.3 is 0 Å². The number of likely N-dealkylation sites (tertiary alicyclic amines) is 1. The van der Waals surface area contributed by atoms with Gasteiger partial charge in [0.25, 0.3) is 0 Å². The van der Waals surface area contributed by atoms with E-state index < -0.39 is 0 Å². The number of nitrogens with two attached hydrogens (primary N) is 1. The van der Waals surface area contributed by atoms with Gasteiger partial charge in [0.1, 0.15) is 0 Å². The van der Waals surface area contributed by atoms with Crippen LogP contribution in [-0.4, -0.2) is 49.6 Å². The van der Waals surface area contributed by atoms with Gasteiger partial charge < -0.3 is 10.6 Å². The molecular formula is C15H23N3S. The Morgan fingerprint density at radius 1 is 1.53 bits per heavy atom. The molecule has 0 bridgehead atoms. The van der Waals surface area contributed by atoms with Crippen molar-refractivity contribution >= 4 is 11.3 Å². The number of piperidine rings is 1. The van der Waals surface area contributed by atoms with E-state index in [4.69, 9.17) is 5.73 Å². The second-order valence-electron chi connectivity index (χ2n) is 5.30. The second-order valence-corrected chi connectivity index (χ2v) is 6.30. The largest absolute Gasteiger partial charge is 0.320 e. The van der Waals surface area contributed by atoms with Gasteiger partial charge in [-0.1, -0.05) is 11.8 Å². The zero-order chi connectivity index (χ0) is 13.7. The standard InChI is InChI=1S/C15H23N3S/c1-17(2)14-6-4-8-18(10-14)11-15-9-13(12-19-15)5-3-7-16/h9,12,14H,4,6-8,10-11,16H2,1-2H3. The molecule has 1 aliphatic heterocycles. The first-order valence-electron chi connectivity index (χ1n) is 6.84. The van der Waals surface area contributed by atoms with E-state index in [0.717, 1.165) is 12.1 Å². The summed E-state index contributed by atoms with van der Waals surface area (Å²) in [4.78, 5) is 6.31. The van der Waals surface area contributed by atoms with Crippen LogP contribution in [0.1, 0.15) is 23.3 Å². The smallest absolute Gasteiger partial charge is 0.0555 e. The fourth-order valence-electron chi connectivity index (χ4n) is 2.50. The van der Waals surface area contributed by atoms with E-state index in [-0.39, 0.29) is 0 Å². The monoisotopic (exact) mass is 277 g/mol. The van der Waals surface area contributed by atoms with Crippen LogP contribution in [0.4, 0.5) is 0 Å². The molecule has 0 aliphatic carbocycles. The van der Waals surface area contributed by atoms with Crippen molar-refractivity contribution in [2.75, 3.05) is 33.7 Å². The van der Waals surface area contributed by atoms with Crippen LogP contribution in [0.15, 0.2) is 11.4 Å². The first kappa shape index (κ1) is 14.5. The summed E-state index contributed by atoms with van der Waals surface area (Å²) in [7, 11) is 4.36. The lowest BCUT2D eigenvalue weighted by Gasteiger charge is -2.35. The van der Waals surface area contributed by atoms with Crippen LogP contribution in [-0.2, 0) is 6.54 Å². The van der Waals surface area contributed by atoms with Crippen LogP contribution in [0.2, 0.25) is 0 Å². The topological polar surface area (TPSA) is 32.5 Å². The lowest BCUT2D eigenvalue weighted by molar-refractivity contribution is 0.129. The quantitative estimate of drug-likeness (QED) is 0.852. The molecular weight excluding hydrogens is 254 g/mol. The van der Waals surface area contributed by atoms with E-state index in [1.807, 2.05) is 0 Å². The van der Waals surface area contributed by atoms with Crippen LogP contribution in [0.25, 0.3) is 0 Å². The summed E-state index contributed by atoms with van der Waals surface area (Å²) < 4.78 is 0. The van der Waals surface area contributed by atoms with Gasteiger partial charge in [0, 0.05) is 35.0 Å². The normalized spacial score (nSPS) is 20.3. The highest BCUT2D eigenvalue weighted by Crippen LogP contribution is 2.20. The molecule has 104 valence electrons. The number of likely N-dealkylation sites (N-methyl/N-ethyl adjacent to an activating group) is 1. The van der Waals surface area contributed by atoms with E-state index in [1.165, 1.54) is 30.8 Å². The lowest BCUT2D eigenvalue weighted by atomic mass is 10.0. The maximum Gasteiger partial charge on any atom is 0.0555 e. The van der Waals surface area contributed by atoms with E-state index in [0.29, 0.717) is 12.6 Å². The van der Waals surface area contributed by atoms with Crippen molar-refractivity contribution < 1.29 is 0 Å². The summed E-state index contributed by atoms with van der Waals surface area (Å²) in [6.45, 7) is 3.88. The minimum atomic E-state index is 0.432. The molecule has 0 amide bonds. The Bertz CT molecular complexity index is 455. The van der Waals surface area contributed by atoms with Crippen molar-refractivity contribution in [3.63, 3.8) is 0 Å². The molecule has 1 aromatic rings. The summed E-state index contributed by atoms with van der Waals surface area (Å²) >= 11 is 1.80. The number of nitrogens with zero attached hydrogens (tertiary/aromatic N) is 2. The van der Waals surface area contributed by atoms with Crippen molar-refractivity contribution in [2.45, 2.75) is 25.4 Å². The van der Waals surface area contributed by atoms with Gasteiger partial charge in [-0.2, -0.15) is 0 Å². The molecule has 2 N–H and O–H groups in total. The predicted molar refractivity (Wildman–Crippen MR) is 82.2 cm³/mol. The van der Waals surface area contributed by atoms with Crippen LogP contribution >= 0.6 is 11.3 Å². The van der Waals surface area contributed by atoms with Crippen LogP contribution in [0, 0.1) is 11.8 Å². The minimum Gasteiger partial charge on any atom is -0.320 e. The fourth-order valence-corrected chi connectivity index (χ4v) is 3.36. The number of thiophene rings is 1. The maximum atomic E-state index is 5.39. The van der Waals surface area contributed by atoms with E-state index in [2.05, 4.69) is 47.2 Å². The molecule has 19 heavy (non-hydrogen) atoms. The number of hydrogen-bond acceptors (Lipinski definition) is 4. The Kier molecular flexibility index (Phi) is 5.41. The van der Waals surface area contributed by atoms with E-state index in [1.54, 1.807) is 11.3 Å². The Labute approximate surface area is 120 Å².